The molecule has 2 aromatic rings. The topological polar surface area (TPSA) is 130 Å². The van der Waals surface area contributed by atoms with Crippen LogP contribution < -0.4 is 5.73 Å². The van der Waals surface area contributed by atoms with Gasteiger partial charge in [0.25, 0.3) is 0 Å². The molecular weight excluding hydrogens is 262 g/mol. The van der Waals surface area contributed by atoms with Crippen molar-refractivity contribution in [3.63, 3.8) is 0 Å². The van der Waals surface area contributed by atoms with E-state index in [1.54, 1.807) is 4.57 Å². The van der Waals surface area contributed by atoms with Gasteiger partial charge in [-0.3, -0.25) is 0 Å². The van der Waals surface area contributed by atoms with Crippen molar-refractivity contribution in [2.75, 3.05) is 12.3 Å². The van der Waals surface area contributed by atoms with Crippen LogP contribution in [0, 0.1) is 5.92 Å². The first-order valence-corrected chi connectivity index (χ1v) is 6.41. The summed E-state index contributed by atoms with van der Waals surface area (Å²) in [6.45, 7) is 1.34. The van der Waals surface area contributed by atoms with Gasteiger partial charge in [0.05, 0.1) is 18.0 Å². The molecule has 3 rings (SSSR count). The van der Waals surface area contributed by atoms with Crippen molar-refractivity contribution in [3.05, 3.63) is 12.7 Å². The highest BCUT2D eigenvalue weighted by Crippen LogP contribution is 2.43. The number of imidazole rings is 1. The summed E-state index contributed by atoms with van der Waals surface area (Å²) in [7, 11) is 0. The molecule has 20 heavy (non-hydrogen) atoms. The Morgan fingerprint density at radius 1 is 1.45 bits per heavy atom. The van der Waals surface area contributed by atoms with E-state index in [0.717, 1.165) is 0 Å². The molecule has 8 nitrogen and oxygen atoms in total. The van der Waals surface area contributed by atoms with E-state index in [2.05, 4.69) is 15.0 Å². The van der Waals surface area contributed by atoms with Gasteiger partial charge in [0.2, 0.25) is 0 Å². The molecule has 0 amide bonds. The fourth-order valence-electron chi connectivity index (χ4n) is 2.93. The van der Waals surface area contributed by atoms with Gasteiger partial charge in [0.1, 0.15) is 17.9 Å². The minimum absolute atomic E-state index is 0.190. The third-order valence-electron chi connectivity index (χ3n) is 4.28. The number of hydrogen-bond acceptors (Lipinski definition) is 7. The zero-order chi connectivity index (χ0) is 14.5. The van der Waals surface area contributed by atoms with Gasteiger partial charge in [-0.05, 0) is 13.3 Å². The number of rotatable bonds is 2. The summed E-state index contributed by atoms with van der Waals surface area (Å²) in [6.07, 6.45) is 2.27. The van der Waals surface area contributed by atoms with Crippen LogP contribution in [0.1, 0.15) is 19.4 Å². The maximum Gasteiger partial charge on any atom is 0.165 e. The minimum atomic E-state index is -1.35. The van der Waals surface area contributed by atoms with E-state index in [-0.39, 0.29) is 12.4 Å². The standard InChI is InChI=1S/C12H17N5O3/c1-12(20)6(3-18)2-7(9(12)19)17-5-16-8-10(13)14-4-15-11(8)17/h4-7,9,18-20H,2-3H2,1H3,(H2,13,14,15)/t6-,7-,9+,12-/m1/s1. The van der Waals surface area contributed by atoms with E-state index in [1.807, 2.05) is 0 Å². The SMILES string of the molecule is C[C@@]1(O)[C@@H](CO)C[C@@H](n2cnc3c(N)ncnc32)[C@@H]1O. The molecule has 1 aliphatic rings. The molecule has 0 spiro atoms. The number of aliphatic hydroxyl groups excluding tert-OH is 2. The predicted octanol–water partition coefficient (Wildman–Crippen LogP) is -0.926. The zero-order valence-corrected chi connectivity index (χ0v) is 11.0. The van der Waals surface area contributed by atoms with Crippen molar-refractivity contribution in [3.8, 4) is 0 Å². The van der Waals surface area contributed by atoms with Gasteiger partial charge < -0.3 is 25.6 Å². The van der Waals surface area contributed by atoms with Gasteiger partial charge in [-0.25, -0.2) is 15.0 Å². The molecule has 8 heteroatoms. The highest BCUT2D eigenvalue weighted by Gasteiger charge is 2.51. The Morgan fingerprint density at radius 3 is 2.85 bits per heavy atom. The van der Waals surface area contributed by atoms with E-state index in [0.29, 0.717) is 17.6 Å². The summed E-state index contributed by atoms with van der Waals surface area (Å²) >= 11 is 0. The predicted molar refractivity (Wildman–Crippen MR) is 70.6 cm³/mol. The summed E-state index contributed by atoms with van der Waals surface area (Å²) in [4.78, 5) is 12.2. The van der Waals surface area contributed by atoms with Gasteiger partial charge in [-0.1, -0.05) is 0 Å². The van der Waals surface area contributed by atoms with E-state index in [1.165, 1.54) is 19.6 Å². The first-order chi connectivity index (χ1) is 9.46. The maximum absolute atomic E-state index is 10.3. The van der Waals surface area contributed by atoms with Crippen LogP contribution in [0.5, 0.6) is 0 Å². The van der Waals surface area contributed by atoms with Crippen molar-refractivity contribution in [2.24, 2.45) is 5.92 Å². The lowest BCUT2D eigenvalue weighted by molar-refractivity contribution is -0.0840. The molecule has 5 N–H and O–H groups in total. The van der Waals surface area contributed by atoms with Crippen LogP contribution in [0.4, 0.5) is 5.82 Å². The van der Waals surface area contributed by atoms with E-state index >= 15 is 0 Å². The fraction of sp³-hybridized carbons (Fsp3) is 0.583. The van der Waals surface area contributed by atoms with Crippen LogP contribution in [0.3, 0.4) is 0 Å². The Morgan fingerprint density at radius 2 is 2.20 bits per heavy atom. The Balaban J connectivity index is 2.06. The van der Waals surface area contributed by atoms with Crippen molar-refractivity contribution in [1.29, 1.82) is 0 Å². The molecule has 0 radical (unpaired) electrons. The lowest BCUT2D eigenvalue weighted by Gasteiger charge is -2.28. The van der Waals surface area contributed by atoms with Gasteiger partial charge in [0, 0.05) is 12.5 Å². The second-order valence-corrected chi connectivity index (χ2v) is 5.44. The largest absolute Gasteiger partial charge is 0.396 e. The number of aromatic nitrogens is 4. The lowest BCUT2D eigenvalue weighted by atomic mass is 9.92. The number of nitrogens with two attached hydrogens (primary N) is 1. The highest BCUT2D eigenvalue weighted by atomic mass is 16.3. The lowest BCUT2D eigenvalue weighted by Crippen LogP contribution is -2.43. The summed E-state index contributed by atoms with van der Waals surface area (Å²) in [5.74, 6) is -0.133. The summed E-state index contributed by atoms with van der Waals surface area (Å²) in [6, 6.07) is -0.415. The number of nitrogens with zero attached hydrogens (tertiary/aromatic N) is 4. The molecule has 1 saturated carbocycles. The Bertz CT molecular complexity index is 641. The summed E-state index contributed by atoms with van der Waals surface area (Å²) in [5.41, 5.74) is 5.35. The van der Waals surface area contributed by atoms with Crippen molar-refractivity contribution >= 4 is 17.0 Å². The Kier molecular flexibility index (Phi) is 2.89. The first-order valence-electron chi connectivity index (χ1n) is 6.41. The fourth-order valence-corrected chi connectivity index (χ4v) is 2.93. The van der Waals surface area contributed by atoms with Crippen LogP contribution in [0.25, 0.3) is 11.2 Å². The molecule has 1 aliphatic carbocycles. The molecule has 2 heterocycles. The van der Waals surface area contributed by atoms with E-state index in [9.17, 15) is 15.3 Å². The Labute approximate surface area is 114 Å². The molecule has 0 unspecified atom stereocenters. The van der Waals surface area contributed by atoms with Crippen molar-refractivity contribution < 1.29 is 15.3 Å². The zero-order valence-electron chi connectivity index (χ0n) is 11.0. The smallest absolute Gasteiger partial charge is 0.165 e. The van der Waals surface area contributed by atoms with Gasteiger partial charge in [-0.2, -0.15) is 0 Å². The van der Waals surface area contributed by atoms with Crippen LogP contribution in [0.2, 0.25) is 0 Å². The maximum atomic E-state index is 10.3. The molecule has 1 fully saturated rings. The Hall–Kier alpha value is -1.77. The van der Waals surface area contributed by atoms with E-state index in [4.69, 9.17) is 5.73 Å². The second kappa shape index (κ2) is 4.37. The molecule has 0 bridgehead atoms. The molecule has 0 aliphatic heterocycles. The molecule has 0 aromatic carbocycles. The molecule has 0 saturated heterocycles. The van der Waals surface area contributed by atoms with Crippen LogP contribution in [-0.4, -0.2) is 53.2 Å². The molecule has 4 atom stereocenters. The second-order valence-electron chi connectivity index (χ2n) is 5.44. The average Bonchev–Trinajstić information content (AvgIpc) is 2.92. The van der Waals surface area contributed by atoms with Gasteiger partial charge in [-0.15, -0.1) is 0 Å². The quantitative estimate of drug-likeness (QED) is 0.559. The van der Waals surface area contributed by atoms with Crippen LogP contribution in [-0.2, 0) is 0 Å². The van der Waals surface area contributed by atoms with E-state index < -0.39 is 23.7 Å². The first kappa shape index (κ1) is 13.2. The van der Waals surface area contributed by atoms with Crippen LogP contribution in [0.15, 0.2) is 12.7 Å². The third-order valence-corrected chi connectivity index (χ3v) is 4.28. The summed E-state index contributed by atoms with van der Waals surface area (Å²) < 4.78 is 1.68. The normalized spacial score (nSPS) is 33.9. The number of aliphatic hydroxyl groups is 3. The monoisotopic (exact) mass is 279 g/mol. The number of fused-ring (bicyclic) bond motifs is 1. The van der Waals surface area contributed by atoms with Crippen molar-refractivity contribution in [1.82, 2.24) is 19.5 Å². The highest BCUT2D eigenvalue weighted by molar-refractivity contribution is 5.81. The van der Waals surface area contributed by atoms with Gasteiger partial charge >= 0.3 is 0 Å². The van der Waals surface area contributed by atoms with Crippen LogP contribution >= 0.6 is 0 Å². The van der Waals surface area contributed by atoms with Gasteiger partial charge in [0.15, 0.2) is 11.5 Å². The molecule has 2 aromatic heterocycles. The number of hydrogen-bond donors (Lipinski definition) is 4. The summed E-state index contributed by atoms with van der Waals surface area (Å²) in [5, 5.41) is 30.0. The molecule has 108 valence electrons. The van der Waals surface area contributed by atoms with Crippen molar-refractivity contribution in [2.45, 2.75) is 31.1 Å². The third kappa shape index (κ3) is 1.69. The number of anilines is 1. The average molecular weight is 279 g/mol. The minimum Gasteiger partial charge on any atom is -0.396 e. The molecular formula is C12H17N5O3. The number of nitrogen functional groups attached to an aromatic ring is 1.